The van der Waals surface area contributed by atoms with E-state index in [1.165, 1.54) is 5.57 Å². The smallest absolute Gasteiger partial charge is 0.222 e. The molecule has 1 aliphatic rings. The second-order valence-electron chi connectivity index (χ2n) is 8.26. The van der Waals surface area contributed by atoms with Crippen molar-refractivity contribution in [2.45, 2.75) is 46.6 Å². The standard InChI is InChI=1S/C23H35N3O3/c1-16(2)21-12-18(13-23(28)26-15-20-7-5-6-9-24-20)17(3)11-19(21)14-25-22(27)8-10-29-4/h5-7,9,11,16,18-19,21H,8,10,12-15H2,1-4H3,(H,25,27)(H,26,28). The zero-order valence-electron chi connectivity index (χ0n) is 18.1. The number of rotatable bonds is 10. The zero-order valence-corrected chi connectivity index (χ0v) is 18.1. The summed E-state index contributed by atoms with van der Waals surface area (Å²) in [4.78, 5) is 28.6. The highest BCUT2D eigenvalue weighted by Gasteiger charge is 2.32. The van der Waals surface area contributed by atoms with Crippen LogP contribution in [0.25, 0.3) is 0 Å². The second-order valence-corrected chi connectivity index (χ2v) is 8.26. The number of pyridine rings is 1. The van der Waals surface area contributed by atoms with Crippen LogP contribution in [0.3, 0.4) is 0 Å². The molecule has 2 rings (SSSR count). The van der Waals surface area contributed by atoms with E-state index < -0.39 is 0 Å². The highest BCUT2D eigenvalue weighted by atomic mass is 16.5. The molecule has 2 amide bonds. The van der Waals surface area contributed by atoms with Gasteiger partial charge in [0.1, 0.15) is 0 Å². The molecule has 3 atom stereocenters. The molecule has 3 unspecified atom stereocenters. The quantitative estimate of drug-likeness (QED) is 0.591. The van der Waals surface area contributed by atoms with Gasteiger partial charge in [-0.15, -0.1) is 0 Å². The third-order valence-electron chi connectivity index (χ3n) is 5.78. The maximum Gasteiger partial charge on any atom is 0.222 e. The molecule has 1 aliphatic carbocycles. The lowest BCUT2D eigenvalue weighted by atomic mass is 9.69. The summed E-state index contributed by atoms with van der Waals surface area (Å²) in [5, 5.41) is 6.02. The predicted molar refractivity (Wildman–Crippen MR) is 114 cm³/mol. The van der Waals surface area contributed by atoms with E-state index in [9.17, 15) is 9.59 Å². The first-order valence-electron chi connectivity index (χ1n) is 10.5. The molecule has 0 spiro atoms. The molecule has 0 saturated carbocycles. The van der Waals surface area contributed by atoms with E-state index in [4.69, 9.17) is 4.74 Å². The molecule has 0 aromatic carbocycles. The van der Waals surface area contributed by atoms with Crippen molar-refractivity contribution in [2.75, 3.05) is 20.3 Å². The minimum Gasteiger partial charge on any atom is -0.384 e. The summed E-state index contributed by atoms with van der Waals surface area (Å²) in [7, 11) is 1.60. The first kappa shape index (κ1) is 23.1. The maximum absolute atomic E-state index is 12.5. The molecule has 0 saturated heterocycles. The number of carbonyl (C=O) groups excluding carboxylic acids is 2. The first-order chi connectivity index (χ1) is 13.9. The van der Waals surface area contributed by atoms with Crippen LogP contribution in [-0.4, -0.2) is 37.1 Å². The molecule has 1 aromatic heterocycles. The van der Waals surface area contributed by atoms with Gasteiger partial charge in [0.15, 0.2) is 0 Å². The molecule has 0 radical (unpaired) electrons. The van der Waals surface area contributed by atoms with Crippen LogP contribution in [0.15, 0.2) is 36.0 Å². The minimum atomic E-state index is 0.0245. The Kier molecular flexibility index (Phi) is 9.32. The number of nitrogens with zero attached hydrogens (tertiary/aromatic N) is 1. The second kappa shape index (κ2) is 11.7. The Balaban J connectivity index is 1.91. The fourth-order valence-corrected chi connectivity index (χ4v) is 4.01. The van der Waals surface area contributed by atoms with Crippen LogP contribution in [0.1, 0.15) is 45.7 Å². The number of hydrogen-bond acceptors (Lipinski definition) is 4. The SMILES string of the molecule is COCCC(=O)NCC1C=C(C)C(CC(=O)NCc2ccccn2)CC1C(C)C. The Hall–Kier alpha value is -2.21. The van der Waals surface area contributed by atoms with Gasteiger partial charge in [-0.3, -0.25) is 14.6 Å². The van der Waals surface area contributed by atoms with Gasteiger partial charge in [0.25, 0.3) is 0 Å². The van der Waals surface area contributed by atoms with Crippen molar-refractivity contribution in [3.8, 4) is 0 Å². The zero-order chi connectivity index (χ0) is 21.2. The number of nitrogens with one attached hydrogen (secondary N) is 2. The van der Waals surface area contributed by atoms with Gasteiger partial charge in [-0.1, -0.05) is 31.6 Å². The number of amides is 2. The van der Waals surface area contributed by atoms with Crippen molar-refractivity contribution in [1.82, 2.24) is 15.6 Å². The summed E-state index contributed by atoms with van der Waals surface area (Å²) in [5.41, 5.74) is 2.10. The average Bonchev–Trinajstić information content (AvgIpc) is 2.71. The molecule has 1 heterocycles. The molecule has 0 bridgehead atoms. The predicted octanol–water partition coefficient (Wildman–Crippen LogP) is 3.10. The fraction of sp³-hybridized carbons (Fsp3) is 0.609. The third-order valence-corrected chi connectivity index (χ3v) is 5.78. The van der Waals surface area contributed by atoms with Gasteiger partial charge in [0.05, 0.1) is 18.8 Å². The number of allylic oxidation sites excluding steroid dienone is 1. The van der Waals surface area contributed by atoms with Crippen LogP contribution in [-0.2, 0) is 20.9 Å². The van der Waals surface area contributed by atoms with Crippen LogP contribution in [0.5, 0.6) is 0 Å². The Bertz CT molecular complexity index is 688. The van der Waals surface area contributed by atoms with Crippen molar-refractivity contribution in [3.05, 3.63) is 41.7 Å². The summed E-state index contributed by atoms with van der Waals surface area (Å²) in [6, 6.07) is 5.69. The van der Waals surface area contributed by atoms with Crippen LogP contribution >= 0.6 is 0 Å². The van der Waals surface area contributed by atoms with E-state index in [0.717, 1.165) is 12.1 Å². The van der Waals surface area contributed by atoms with Crippen molar-refractivity contribution in [3.63, 3.8) is 0 Å². The Morgan fingerprint density at radius 3 is 2.69 bits per heavy atom. The number of aromatic nitrogens is 1. The Morgan fingerprint density at radius 1 is 1.24 bits per heavy atom. The Morgan fingerprint density at radius 2 is 2.03 bits per heavy atom. The highest BCUT2D eigenvalue weighted by molar-refractivity contribution is 5.76. The minimum absolute atomic E-state index is 0.0245. The normalized spacial score (nSPS) is 21.6. The van der Waals surface area contributed by atoms with E-state index in [1.54, 1.807) is 13.3 Å². The Labute approximate surface area is 174 Å². The van der Waals surface area contributed by atoms with Crippen molar-refractivity contribution in [2.24, 2.45) is 23.7 Å². The van der Waals surface area contributed by atoms with Gasteiger partial charge >= 0.3 is 0 Å². The van der Waals surface area contributed by atoms with Crippen LogP contribution < -0.4 is 10.6 Å². The molecule has 0 aliphatic heterocycles. The van der Waals surface area contributed by atoms with E-state index in [2.05, 4.69) is 42.5 Å². The lowest BCUT2D eigenvalue weighted by Gasteiger charge is -2.37. The third kappa shape index (κ3) is 7.61. The van der Waals surface area contributed by atoms with E-state index in [1.807, 2.05) is 18.2 Å². The van der Waals surface area contributed by atoms with Gasteiger partial charge in [-0.05, 0) is 49.1 Å². The molecule has 6 heteroatoms. The lowest BCUT2D eigenvalue weighted by molar-refractivity contribution is -0.122. The molecule has 160 valence electrons. The number of methoxy groups -OCH3 is 1. The number of carbonyl (C=O) groups is 2. The topological polar surface area (TPSA) is 80.3 Å². The summed E-state index contributed by atoms with van der Waals surface area (Å²) in [6.07, 6.45) is 5.84. The summed E-state index contributed by atoms with van der Waals surface area (Å²) >= 11 is 0. The van der Waals surface area contributed by atoms with Crippen LogP contribution in [0.2, 0.25) is 0 Å². The number of ether oxygens (including phenoxy) is 1. The van der Waals surface area contributed by atoms with E-state index in [0.29, 0.717) is 50.3 Å². The van der Waals surface area contributed by atoms with E-state index >= 15 is 0 Å². The van der Waals surface area contributed by atoms with Gasteiger partial charge in [0.2, 0.25) is 11.8 Å². The van der Waals surface area contributed by atoms with Gasteiger partial charge in [0, 0.05) is 32.7 Å². The van der Waals surface area contributed by atoms with Crippen LogP contribution in [0.4, 0.5) is 0 Å². The molecule has 29 heavy (non-hydrogen) atoms. The first-order valence-corrected chi connectivity index (χ1v) is 10.5. The van der Waals surface area contributed by atoms with Gasteiger partial charge < -0.3 is 15.4 Å². The number of hydrogen-bond donors (Lipinski definition) is 2. The van der Waals surface area contributed by atoms with Crippen LogP contribution in [0, 0.1) is 23.7 Å². The molecule has 6 nitrogen and oxygen atoms in total. The lowest BCUT2D eigenvalue weighted by Crippen LogP contribution is -2.38. The summed E-state index contributed by atoms with van der Waals surface area (Å²) in [6.45, 7) is 8.08. The van der Waals surface area contributed by atoms with Gasteiger partial charge in [-0.2, -0.15) is 0 Å². The largest absolute Gasteiger partial charge is 0.384 e. The summed E-state index contributed by atoms with van der Waals surface area (Å²) in [5.74, 6) is 1.55. The molecule has 2 N–H and O–H groups in total. The molecule has 0 fully saturated rings. The van der Waals surface area contributed by atoms with Crippen molar-refractivity contribution < 1.29 is 14.3 Å². The molecular weight excluding hydrogens is 366 g/mol. The van der Waals surface area contributed by atoms with Gasteiger partial charge in [-0.25, -0.2) is 0 Å². The highest BCUT2D eigenvalue weighted by Crippen LogP contribution is 2.38. The van der Waals surface area contributed by atoms with Crippen molar-refractivity contribution in [1.29, 1.82) is 0 Å². The average molecular weight is 402 g/mol. The molecule has 1 aromatic rings. The van der Waals surface area contributed by atoms with Crippen molar-refractivity contribution >= 4 is 11.8 Å². The fourth-order valence-electron chi connectivity index (χ4n) is 4.01. The van der Waals surface area contributed by atoms with E-state index in [-0.39, 0.29) is 17.7 Å². The summed E-state index contributed by atoms with van der Waals surface area (Å²) < 4.78 is 4.97. The monoisotopic (exact) mass is 401 g/mol. The maximum atomic E-state index is 12.5. The molecular formula is C23H35N3O3.